The van der Waals surface area contributed by atoms with Gasteiger partial charge >= 0.3 is 5.97 Å². The van der Waals surface area contributed by atoms with Crippen molar-refractivity contribution < 1.29 is 9.90 Å². The van der Waals surface area contributed by atoms with Crippen molar-refractivity contribution in [2.75, 3.05) is 0 Å². The third-order valence-electron chi connectivity index (χ3n) is 1.84. The van der Waals surface area contributed by atoms with Crippen LogP contribution in [-0.2, 0) is 5.41 Å². The van der Waals surface area contributed by atoms with Crippen LogP contribution in [0.4, 0.5) is 0 Å². The molecule has 0 aliphatic carbocycles. The van der Waals surface area contributed by atoms with Crippen LogP contribution in [0, 0.1) is 0 Å². The smallest absolute Gasteiger partial charge is 0.367 e. The van der Waals surface area contributed by atoms with Crippen molar-refractivity contribution in [1.82, 2.24) is 19.8 Å². The lowest BCUT2D eigenvalue weighted by molar-refractivity contribution is 0.0695. The molecule has 0 atom stereocenters. The molecule has 15 heavy (non-hydrogen) atoms. The van der Waals surface area contributed by atoms with E-state index >= 15 is 0 Å². The quantitative estimate of drug-likeness (QED) is 0.789. The first-order valence-corrected chi connectivity index (χ1v) is 5.17. The van der Waals surface area contributed by atoms with Crippen LogP contribution in [0.25, 0.3) is 4.96 Å². The molecule has 2 heterocycles. The van der Waals surface area contributed by atoms with E-state index in [1.54, 1.807) is 0 Å². The van der Waals surface area contributed by atoms with E-state index in [1.165, 1.54) is 4.52 Å². The first-order chi connectivity index (χ1) is 6.89. The maximum atomic E-state index is 10.7. The zero-order valence-corrected chi connectivity index (χ0v) is 9.37. The Morgan fingerprint density at radius 3 is 2.60 bits per heavy atom. The molecule has 0 fully saturated rings. The van der Waals surface area contributed by atoms with Gasteiger partial charge in [-0.15, -0.1) is 15.3 Å². The topological polar surface area (TPSA) is 80.4 Å². The number of fused-ring (bicyclic) bond motifs is 1. The molecule has 2 rings (SSSR count). The molecule has 2 aromatic rings. The largest absolute Gasteiger partial charge is 0.476 e. The third-order valence-corrected chi connectivity index (χ3v) is 2.73. The van der Waals surface area contributed by atoms with E-state index in [4.69, 9.17) is 5.11 Å². The van der Waals surface area contributed by atoms with E-state index in [9.17, 15) is 4.79 Å². The Bertz CT molecular complexity index is 522. The van der Waals surface area contributed by atoms with Crippen LogP contribution in [0.3, 0.4) is 0 Å². The third kappa shape index (κ3) is 1.58. The van der Waals surface area contributed by atoms with E-state index in [-0.39, 0.29) is 10.4 Å². The molecule has 0 unspecified atom stereocenters. The standard InChI is InChI=1S/C8H10N4O2S/c1-8(2,3)6-9-10-7-12(6)11-4(15-7)5(13)14/h1-3H3,(H,13,14). The number of rotatable bonds is 1. The van der Waals surface area contributed by atoms with Crippen LogP contribution in [0.15, 0.2) is 0 Å². The van der Waals surface area contributed by atoms with Gasteiger partial charge in [0.1, 0.15) is 0 Å². The minimum Gasteiger partial charge on any atom is -0.476 e. The maximum absolute atomic E-state index is 10.7. The van der Waals surface area contributed by atoms with Crippen LogP contribution in [0.2, 0.25) is 0 Å². The average Bonchev–Trinajstić information content (AvgIpc) is 2.56. The highest BCUT2D eigenvalue weighted by Crippen LogP contribution is 2.23. The van der Waals surface area contributed by atoms with Gasteiger partial charge in [-0.25, -0.2) is 4.79 Å². The van der Waals surface area contributed by atoms with Gasteiger partial charge in [0.05, 0.1) is 0 Å². The predicted octanol–water partition coefficient (Wildman–Crippen LogP) is 1.18. The van der Waals surface area contributed by atoms with E-state index < -0.39 is 5.97 Å². The normalized spacial score (nSPS) is 12.2. The van der Waals surface area contributed by atoms with Crippen molar-refractivity contribution in [3.05, 3.63) is 10.8 Å². The number of hydrogen-bond donors (Lipinski definition) is 1. The van der Waals surface area contributed by atoms with Crippen LogP contribution in [0.1, 0.15) is 36.4 Å². The molecule has 6 nitrogen and oxygen atoms in total. The summed E-state index contributed by atoms with van der Waals surface area (Å²) in [7, 11) is 0. The lowest BCUT2D eigenvalue weighted by Gasteiger charge is -2.13. The molecule has 0 aliphatic heterocycles. The van der Waals surface area contributed by atoms with E-state index in [0.29, 0.717) is 10.8 Å². The first kappa shape index (κ1) is 10.0. The number of carboxylic acids is 1. The molecule has 2 aromatic heterocycles. The van der Waals surface area contributed by atoms with Gasteiger partial charge in [0, 0.05) is 5.41 Å². The fraction of sp³-hybridized carbons (Fsp3) is 0.500. The van der Waals surface area contributed by atoms with Crippen LogP contribution in [0.5, 0.6) is 0 Å². The number of nitrogens with zero attached hydrogens (tertiary/aromatic N) is 4. The Hall–Kier alpha value is -1.50. The molecule has 1 N–H and O–H groups in total. The molecule has 7 heteroatoms. The number of carbonyl (C=O) groups is 1. The zero-order chi connectivity index (χ0) is 11.2. The Labute approximate surface area is 89.6 Å². The Kier molecular flexibility index (Phi) is 2.00. The molecule has 0 aliphatic rings. The number of aromatic carboxylic acids is 1. The number of carboxylic acid groups (broad SMARTS) is 1. The van der Waals surface area contributed by atoms with Crippen molar-refractivity contribution >= 4 is 22.3 Å². The Balaban J connectivity index is 2.64. The second kappa shape index (κ2) is 2.99. The summed E-state index contributed by atoms with van der Waals surface area (Å²) in [5.74, 6) is -0.369. The van der Waals surface area contributed by atoms with Gasteiger partial charge in [-0.05, 0) is 0 Å². The average molecular weight is 226 g/mol. The first-order valence-electron chi connectivity index (χ1n) is 4.35. The Morgan fingerprint density at radius 2 is 2.07 bits per heavy atom. The van der Waals surface area contributed by atoms with Gasteiger partial charge in [-0.2, -0.15) is 4.52 Å². The Morgan fingerprint density at radius 1 is 1.40 bits per heavy atom. The van der Waals surface area contributed by atoms with Gasteiger partial charge in [0.2, 0.25) is 9.97 Å². The summed E-state index contributed by atoms with van der Waals surface area (Å²) in [5.41, 5.74) is -0.205. The van der Waals surface area contributed by atoms with Crippen LogP contribution < -0.4 is 0 Å². The fourth-order valence-electron chi connectivity index (χ4n) is 1.17. The number of hydrogen-bond acceptors (Lipinski definition) is 5. The van der Waals surface area contributed by atoms with E-state index in [0.717, 1.165) is 11.3 Å². The maximum Gasteiger partial charge on any atom is 0.367 e. The van der Waals surface area contributed by atoms with Crippen molar-refractivity contribution in [1.29, 1.82) is 0 Å². The molecule has 0 saturated carbocycles. The minimum absolute atomic E-state index is 0.0328. The van der Waals surface area contributed by atoms with Gasteiger partial charge in [0.25, 0.3) is 0 Å². The SMILES string of the molecule is CC(C)(C)c1nnc2sc(C(=O)O)nn12. The lowest BCUT2D eigenvalue weighted by atomic mass is 9.96. The van der Waals surface area contributed by atoms with Crippen LogP contribution >= 0.6 is 11.3 Å². The van der Waals surface area contributed by atoms with Gasteiger partial charge < -0.3 is 5.11 Å². The molecular formula is C8H10N4O2S. The van der Waals surface area contributed by atoms with Crippen LogP contribution in [-0.4, -0.2) is 30.9 Å². The van der Waals surface area contributed by atoms with E-state index in [2.05, 4.69) is 15.3 Å². The molecule has 0 amide bonds. The summed E-state index contributed by atoms with van der Waals surface area (Å²) in [6.45, 7) is 5.93. The molecule has 0 radical (unpaired) electrons. The molecule has 0 saturated heterocycles. The zero-order valence-electron chi connectivity index (χ0n) is 8.55. The van der Waals surface area contributed by atoms with Crippen molar-refractivity contribution in [3.8, 4) is 0 Å². The summed E-state index contributed by atoms with van der Waals surface area (Å²) >= 11 is 1.02. The summed E-state index contributed by atoms with van der Waals surface area (Å²) in [6, 6.07) is 0. The second-order valence-corrected chi connectivity index (χ2v) is 5.14. The number of aromatic nitrogens is 4. The molecule has 0 bridgehead atoms. The van der Waals surface area contributed by atoms with E-state index in [1.807, 2.05) is 20.8 Å². The molecule has 0 spiro atoms. The van der Waals surface area contributed by atoms with Crippen molar-refractivity contribution in [3.63, 3.8) is 0 Å². The van der Waals surface area contributed by atoms with Gasteiger partial charge in [0.15, 0.2) is 5.82 Å². The summed E-state index contributed by atoms with van der Waals surface area (Å²) in [6.07, 6.45) is 0. The molecule has 80 valence electrons. The highest BCUT2D eigenvalue weighted by molar-refractivity contribution is 7.18. The lowest BCUT2D eigenvalue weighted by Crippen LogP contribution is -2.16. The highest BCUT2D eigenvalue weighted by atomic mass is 32.1. The highest BCUT2D eigenvalue weighted by Gasteiger charge is 2.24. The molecular weight excluding hydrogens is 216 g/mol. The van der Waals surface area contributed by atoms with Gasteiger partial charge in [-0.1, -0.05) is 32.1 Å². The summed E-state index contributed by atoms with van der Waals surface area (Å²) in [4.78, 5) is 11.2. The second-order valence-electron chi connectivity index (χ2n) is 4.18. The summed E-state index contributed by atoms with van der Waals surface area (Å²) in [5, 5.41) is 20.7. The van der Waals surface area contributed by atoms with Crippen molar-refractivity contribution in [2.24, 2.45) is 0 Å². The fourth-order valence-corrected chi connectivity index (χ4v) is 1.85. The predicted molar refractivity (Wildman–Crippen MR) is 54.3 cm³/mol. The molecule has 0 aromatic carbocycles. The van der Waals surface area contributed by atoms with Crippen molar-refractivity contribution in [2.45, 2.75) is 26.2 Å². The minimum atomic E-state index is -1.04. The summed E-state index contributed by atoms with van der Waals surface area (Å²) < 4.78 is 1.49. The monoisotopic (exact) mass is 226 g/mol. The van der Waals surface area contributed by atoms with Gasteiger partial charge in [-0.3, -0.25) is 0 Å².